The third-order valence-electron chi connectivity index (χ3n) is 7.21. The van der Waals surface area contributed by atoms with Gasteiger partial charge in [0.05, 0.1) is 32.8 Å². The van der Waals surface area contributed by atoms with E-state index in [2.05, 4.69) is 48.6 Å². The summed E-state index contributed by atoms with van der Waals surface area (Å²) in [5.41, 5.74) is 9.70. The minimum atomic E-state index is -0.511. The van der Waals surface area contributed by atoms with Crippen molar-refractivity contribution >= 4 is 22.7 Å². The number of methoxy groups -OCH3 is 1. The predicted molar refractivity (Wildman–Crippen MR) is 161 cm³/mol. The molecule has 2 aromatic heterocycles. The van der Waals surface area contributed by atoms with Crippen molar-refractivity contribution in [2.75, 3.05) is 20.2 Å². The van der Waals surface area contributed by atoms with Gasteiger partial charge in [-0.25, -0.2) is 0 Å². The third kappa shape index (κ3) is 7.02. The van der Waals surface area contributed by atoms with Gasteiger partial charge in [-0.3, -0.25) is 9.59 Å². The molecule has 3 aromatic carbocycles. The smallest absolute Gasteiger partial charge is 0.239 e. The highest BCUT2D eigenvalue weighted by molar-refractivity contribution is 5.86. The molecule has 0 aliphatic heterocycles. The zero-order valence-corrected chi connectivity index (χ0v) is 23.5. The predicted octanol–water partition coefficient (Wildman–Crippen LogP) is 3.08. The number of para-hydroxylation sites is 1. The number of benzene rings is 3. The highest BCUT2D eigenvalue weighted by atomic mass is 16.5. The Kier molecular flexibility index (Phi) is 9.25. The number of amides is 2. The van der Waals surface area contributed by atoms with Crippen LogP contribution in [0.4, 0.5) is 0 Å². The van der Waals surface area contributed by atoms with Crippen LogP contribution >= 0.6 is 0 Å². The maximum atomic E-state index is 13.1. The number of rotatable bonds is 13. The highest BCUT2D eigenvalue weighted by Crippen LogP contribution is 2.26. The number of H-pyrrole nitrogens is 1. The lowest BCUT2D eigenvalue weighted by atomic mass is 10.0. The molecular formula is C32H35N7O3. The second kappa shape index (κ2) is 13.6. The molecule has 2 amide bonds. The third-order valence-corrected chi connectivity index (χ3v) is 7.21. The number of hydrogen-bond acceptors (Lipinski definition) is 6. The van der Waals surface area contributed by atoms with E-state index in [4.69, 9.17) is 10.5 Å². The number of hydrogen-bond donors (Lipinski definition) is 4. The molecule has 10 heteroatoms. The van der Waals surface area contributed by atoms with Gasteiger partial charge in [0.1, 0.15) is 11.6 Å². The van der Waals surface area contributed by atoms with Crippen molar-refractivity contribution in [3.63, 3.8) is 0 Å². The summed E-state index contributed by atoms with van der Waals surface area (Å²) in [6.07, 6.45) is 3.90. The highest BCUT2D eigenvalue weighted by Gasteiger charge is 2.25. The van der Waals surface area contributed by atoms with Crippen LogP contribution in [0.15, 0.2) is 85.1 Å². The first kappa shape index (κ1) is 28.6. The first-order valence-corrected chi connectivity index (χ1v) is 13.9. The van der Waals surface area contributed by atoms with E-state index in [0.29, 0.717) is 25.2 Å². The van der Waals surface area contributed by atoms with Crippen molar-refractivity contribution in [2.24, 2.45) is 5.73 Å². The van der Waals surface area contributed by atoms with Crippen LogP contribution in [0.25, 0.3) is 10.9 Å². The molecule has 0 saturated heterocycles. The Hall–Kier alpha value is -4.96. The van der Waals surface area contributed by atoms with Gasteiger partial charge >= 0.3 is 0 Å². The van der Waals surface area contributed by atoms with E-state index in [-0.39, 0.29) is 19.0 Å². The molecule has 0 saturated carbocycles. The van der Waals surface area contributed by atoms with E-state index < -0.39 is 11.9 Å². The maximum Gasteiger partial charge on any atom is 0.239 e. The quantitative estimate of drug-likeness (QED) is 0.173. The number of nitrogens with zero attached hydrogens (tertiary/aromatic N) is 3. The average molecular weight is 566 g/mol. The van der Waals surface area contributed by atoms with Crippen LogP contribution in [0.3, 0.4) is 0 Å². The second-order valence-electron chi connectivity index (χ2n) is 10.1. The lowest BCUT2D eigenvalue weighted by molar-refractivity contribution is -0.125. The van der Waals surface area contributed by atoms with Crippen LogP contribution in [0.2, 0.25) is 0 Å². The monoisotopic (exact) mass is 565 g/mol. The van der Waals surface area contributed by atoms with Gasteiger partial charge < -0.3 is 30.7 Å². The number of nitrogens with two attached hydrogens (primary N) is 1. The number of ether oxygens (including phenoxy) is 1. The van der Waals surface area contributed by atoms with Crippen LogP contribution in [0.1, 0.15) is 34.4 Å². The Balaban J connectivity index is 1.49. The summed E-state index contributed by atoms with van der Waals surface area (Å²) < 4.78 is 7.43. The van der Waals surface area contributed by atoms with Gasteiger partial charge in [-0.15, -0.1) is 10.2 Å². The average Bonchev–Trinajstić information content (AvgIpc) is 3.63. The minimum Gasteiger partial charge on any atom is -0.497 e. The Morgan fingerprint density at radius 3 is 2.45 bits per heavy atom. The topological polar surface area (TPSA) is 140 Å². The van der Waals surface area contributed by atoms with Crippen molar-refractivity contribution in [1.82, 2.24) is 30.4 Å². The number of carbonyl (C=O) groups excluding carboxylic acids is 2. The number of aromatic amines is 1. The molecule has 10 nitrogen and oxygen atoms in total. The van der Waals surface area contributed by atoms with Crippen LogP contribution in [0.5, 0.6) is 5.75 Å². The largest absolute Gasteiger partial charge is 0.497 e. The lowest BCUT2D eigenvalue weighted by Crippen LogP contribution is -2.41. The molecule has 0 spiro atoms. The Bertz CT molecular complexity index is 1630. The van der Waals surface area contributed by atoms with Crippen LogP contribution in [0, 0.1) is 0 Å². The fourth-order valence-electron chi connectivity index (χ4n) is 5.00. The minimum absolute atomic E-state index is 0.187. The zero-order valence-electron chi connectivity index (χ0n) is 23.5. The molecule has 1 atom stereocenters. The van der Waals surface area contributed by atoms with E-state index in [1.165, 1.54) is 5.56 Å². The van der Waals surface area contributed by atoms with Gasteiger partial charge in [-0.05, 0) is 41.3 Å². The number of aromatic nitrogens is 4. The van der Waals surface area contributed by atoms with Gasteiger partial charge in [0.15, 0.2) is 5.82 Å². The molecule has 0 unspecified atom stereocenters. The SMILES string of the molecule is COc1ccc(Cn2c(CCc3ccccc3)nnc2[C@@H](Cc2c[nH]c3ccccc23)NC(=O)CNC(=O)CN)cc1. The number of aryl methyl sites for hydroxylation is 2. The first-order valence-electron chi connectivity index (χ1n) is 13.9. The molecule has 5 aromatic rings. The lowest BCUT2D eigenvalue weighted by Gasteiger charge is -2.20. The van der Waals surface area contributed by atoms with Gasteiger partial charge in [-0.2, -0.15) is 0 Å². The van der Waals surface area contributed by atoms with Crippen molar-refractivity contribution in [2.45, 2.75) is 31.8 Å². The molecule has 216 valence electrons. The van der Waals surface area contributed by atoms with Crippen LogP contribution in [-0.2, 0) is 35.4 Å². The summed E-state index contributed by atoms with van der Waals surface area (Å²) in [4.78, 5) is 28.1. The standard InChI is InChI=1S/C32H35N7O3/c1-42-25-14-11-23(12-15-25)21-39-29(16-13-22-7-3-2-4-8-22)37-38-32(39)28(36-31(41)20-35-30(40)18-33)17-24-19-34-27-10-6-5-9-26(24)27/h2-12,14-15,19,28,34H,13,16-18,20-21,33H2,1H3,(H,35,40)(H,36,41)/t28-/m1/s1. The Morgan fingerprint density at radius 1 is 0.929 bits per heavy atom. The normalized spacial score (nSPS) is 11.8. The first-order chi connectivity index (χ1) is 20.5. The molecule has 2 heterocycles. The van der Waals surface area contributed by atoms with Gasteiger partial charge in [0.25, 0.3) is 0 Å². The molecule has 0 aliphatic rings. The number of fused-ring (bicyclic) bond motifs is 1. The van der Waals surface area contributed by atoms with Crippen molar-refractivity contribution in [1.29, 1.82) is 0 Å². The van der Waals surface area contributed by atoms with Crippen molar-refractivity contribution < 1.29 is 14.3 Å². The summed E-state index contributed by atoms with van der Waals surface area (Å²) in [5.74, 6) is 1.49. The molecule has 0 aliphatic carbocycles. The summed E-state index contributed by atoms with van der Waals surface area (Å²) >= 11 is 0. The molecule has 5 N–H and O–H groups in total. The Labute approximate surface area is 244 Å². The molecule has 0 radical (unpaired) electrons. The van der Waals surface area contributed by atoms with E-state index in [1.807, 2.05) is 66.9 Å². The van der Waals surface area contributed by atoms with Crippen LogP contribution < -0.4 is 21.1 Å². The summed E-state index contributed by atoms with van der Waals surface area (Å²) in [7, 11) is 1.64. The fraction of sp³-hybridized carbons (Fsp3) is 0.250. The molecule has 5 rings (SSSR count). The van der Waals surface area contributed by atoms with Gasteiger partial charge in [0, 0.05) is 29.9 Å². The summed E-state index contributed by atoms with van der Waals surface area (Å²) in [6.45, 7) is 0.140. The zero-order chi connectivity index (χ0) is 29.3. The second-order valence-corrected chi connectivity index (χ2v) is 10.1. The number of nitrogens with one attached hydrogen (secondary N) is 3. The fourth-order valence-corrected chi connectivity index (χ4v) is 5.00. The molecular weight excluding hydrogens is 530 g/mol. The van der Waals surface area contributed by atoms with E-state index in [0.717, 1.165) is 40.0 Å². The molecule has 0 fully saturated rings. The summed E-state index contributed by atoms with van der Waals surface area (Å²) in [6, 6.07) is 25.7. The van der Waals surface area contributed by atoms with Gasteiger partial charge in [0.2, 0.25) is 11.8 Å². The van der Waals surface area contributed by atoms with Crippen LogP contribution in [-0.4, -0.2) is 51.8 Å². The maximum absolute atomic E-state index is 13.1. The van der Waals surface area contributed by atoms with Crippen molar-refractivity contribution in [3.05, 3.63) is 113 Å². The molecule has 42 heavy (non-hydrogen) atoms. The molecule has 0 bridgehead atoms. The van der Waals surface area contributed by atoms with E-state index in [9.17, 15) is 9.59 Å². The van der Waals surface area contributed by atoms with Gasteiger partial charge in [-0.1, -0.05) is 60.7 Å². The van der Waals surface area contributed by atoms with Crippen molar-refractivity contribution in [3.8, 4) is 5.75 Å². The van der Waals surface area contributed by atoms with E-state index in [1.54, 1.807) is 7.11 Å². The summed E-state index contributed by atoms with van der Waals surface area (Å²) in [5, 5.41) is 16.0. The van der Waals surface area contributed by atoms with E-state index >= 15 is 0 Å². The Morgan fingerprint density at radius 2 is 1.69 bits per heavy atom. The number of carbonyl (C=O) groups is 2.